The van der Waals surface area contributed by atoms with E-state index >= 15 is 0 Å². The third-order valence-corrected chi connectivity index (χ3v) is 4.64. The molecule has 0 saturated heterocycles. The molecular formula is C19H19F3N8O. The van der Waals surface area contributed by atoms with Gasteiger partial charge in [0.2, 0.25) is 5.95 Å². The minimum atomic E-state index is -4.43. The summed E-state index contributed by atoms with van der Waals surface area (Å²) in [5, 5.41) is 8.47. The van der Waals surface area contributed by atoms with Gasteiger partial charge in [-0.2, -0.15) is 23.3 Å². The van der Waals surface area contributed by atoms with Crippen LogP contribution in [0.5, 0.6) is 0 Å². The Hall–Kier alpha value is -3.70. The number of aryl methyl sites for hydroxylation is 4. The molecule has 0 aromatic carbocycles. The fraction of sp³-hybridized carbons (Fsp3) is 0.316. The number of rotatable bonds is 4. The van der Waals surface area contributed by atoms with Crippen LogP contribution in [0.25, 0.3) is 22.6 Å². The summed E-state index contributed by atoms with van der Waals surface area (Å²) in [5.74, 6) is 0.101. The number of pyridine rings is 1. The third-order valence-electron chi connectivity index (χ3n) is 4.64. The number of anilines is 1. The topological polar surface area (TPSA) is 109 Å². The Morgan fingerprint density at radius 2 is 1.77 bits per heavy atom. The molecule has 0 atom stereocenters. The normalized spacial score (nSPS) is 12.1. The average molecular weight is 432 g/mol. The molecule has 0 amide bonds. The summed E-state index contributed by atoms with van der Waals surface area (Å²) in [6.45, 7) is 4.84. The molecule has 0 aliphatic rings. The number of aromatic nitrogens is 7. The summed E-state index contributed by atoms with van der Waals surface area (Å²) < 4.78 is 41.4. The zero-order valence-corrected chi connectivity index (χ0v) is 17.0. The molecule has 0 saturated carbocycles. The van der Waals surface area contributed by atoms with E-state index in [9.17, 15) is 18.0 Å². The van der Waals surface area contributed by atoms with Crippen molar-refractivity contribution in [3.63, 3.8) is 0 Å². The molecular weight excluding hydrogens is 413 g/mol. The van der Waals surface area contributed by atoms with Gasteiger partial charge in [-0.1, -0.05) is 0 Å². The van der Waals surface area contributed by atoms with E-state index in [2.05, 4.69) is 20.2 Å². The average Bonchev–Trinajstić information content (AvgIpc) is 3.22. The van der Waals surface area contributed by atoms with E-state index in [1.165, 1.54) is 4.68 Å². The van der Waals surface area contributed by atoms with E-state index in [0.29, 0.717) is 28.3 Å². The smallest absolute Gasteiger partial charge is 0.369 e. The van der Waals surface area contributed by atoms with E-state index < -0.39 is 24.8 Å². The highest BCUT2D eigenvalue weighted by molar-refractivity contribution is 5.84. The first-order chi connectivity index (χ1) is 14.5. The van der Waals surface area contributed by atoms with Crippen LogP contribution in [0.2, 0.25) is 0 Å². The molecule has 0 spiro atoms. The Morgan fingerprint density at radius 3 is 2.35 bits per heavy atom. The van der Waals surface area contributed by atoms with Crippen molar-refractivity contribution in [2.75, 3.05) is 5.73 Å². The van der Waals surface area contributed by atoms with Gasteiger partial charge in [0.15, 0.2) is 11.5 Å². The van der Waals surface area contributed by atoms with Crippen LogP contribution in [-0.2, 0) is 6.54 Å². The molecule has 0 aliphatic heterocycles. The molecule has 4 aromatic rings. The van der Waals surface area contributed by atoms with Gasteiger partial charge in [-0.25, -0.2) is 18.6 Å². The second-order valence-electron chi connectivity index (χ2n) is 7.30. The van der Waals surface area contributed by atoms with Gasteiger partial charge in [0.25, 0.3) is 0 Å². The van der Waals surface area contributed by atoms with Crippen molar-refractivity contribution in [1.29, 1.82) is 0 Å². The van der Waals surface area contributed by atoms with Crippen LogP contribution in [0.3, 0.4) is 0 Å². The number of nitrogens with two attached hydrogens (primary N) is 1. The largest absolute Gasteiger partial charge is 0.390 e. The summed E-state index contributed by atoms with van der Waals surface area (Å²) in [6.07, 6.45) is -2.28. The number of nitrogens with zero attached hydrogens (tertiary/aromatic N) is 7. The number of halogens is 3. The Balaban J connectivity index is 2.05. The number of hydrogen-bond acceptors (Lipinski definition) is 6. The molecule has 31 heavy (non-hydrogen) atoms. The van der Waals surface area contributed by atoms with Crippen LogP contribution in [0.15, 0.2) is 29.3 Å². The molecule has 4 rings (SSSR count). The van der Waals surface area contributed by atoms with Gasteiger partial charge in [0.1, 0.15) is 0 Å². The summed E-state index contributed by atoms with van der Waals surface area (Å²) >= 11 is 0. The van der Waals surface area contributed by atoms with Gasteiger partial charge >= 0.3 is 11.9 Å². The van der Waals surface area contributed by atoms with Crippen molar-refractivity contribution in [2.24, 2.45) is 0 Å². The number of alkyl halides is 3. The fourth-order valence-corrected chi connectivity index (χ4v) is 3.40. The second kappa shape index (κ2) is 7.22. The molecule has 4 aromatic heterocycles. The van der Waals surface area contributed by atoms with Crippen molar-refractivity contribution in [2.45, 2.75) is 39.9 Å². The summed E-state index contributed by atoms with van der Waals surface area (Å²) in [6, 6.07) is 3.55. The highest BCUT2D eigenvalue weighted by Gasteiger charge is 2.28. The SMILES string of the molecule is Cc1cnn(-c2nc(N)n3c(=O)n(CCC(F)(F)F)nc3c2-c2cc(C)nc(C)c2)c1. The first kappa shape index (κ1) is 20.6. The molecule has 0 fully saturated rings. The lowest BCUT2D eigenvalue weighted by atomic mass is 10.1. The first-order valence-electron chi connectivity index (χ1n) is 9.36. The quantitative estimate of drug-likeness (QED) is 0.531. The maximum Gasteiger partial charge on any atom is 0.390 e. The standard InChI is InChI=1S/C19H19F3N8O/c1-10-8-24-29(9-10)15-14(13-6-11(2)25-12(3)7-13)16-27-28(5-4-19(20,21)22)18(31)30(16)17(23)26-15/h6-9H,4-5H2,1-3H3,(H2,23,26). The molecule has 4 heterocycles. The predicted octanol–water partition coefficient (Wildman–Crippen LogP) is 2.60. The van der Waals surface area contributed by atoms with Crippen LogP contribution in [0.4, 0.5) is 19.1 Å². The van der Waals surface area contributed by atoms with E-state index in [-0.39, 0.29) is 11.6 Å². The molecule has 12 heteroatoms. The summed E-state index contributed by atoms with van der Waals surface area (Å²) in [5.41, 5.74) is 8.66. The van der Waals surface area contributed by atoms with E-state index in [4.69, 9.17) is 5.73 Å². The third kappa shape index (κ3) is 3.88. The van der Waals surface area contributed by atoms with Crippen molar-refractivity contribution < 1.29 is 13.2 Å². The molecule has 162 valence electrons. The zero-order valence-electron chi connectivity index (χ0n) is 17.0. The molecule has 0 unspecified atom stereocenters. The molecule has 9 nitrogen and oxygen atoms in total. The first-order valence-corrected chi connectivity index (χ1v) is 9.36. The van der Waals surface area contributed by atoms with Crippen molar-refractivity contribution in [1.82, 2.24) is 33.9 Å². The highest BCUT2D eigenvalue weighted by Crippen LogP contribution is 2.31. The Bertz CT molecular complexity index is 1330. The second-order valence-corrected chi connectivity index (χ2v) is 7.30. The monoisotopic (exact) mass is 432 g/mol. The van der Waals surface area contributed by atoms with Gasteiger partial charge in [0.05, 0.1) is 24.7 Å². The predicted molar refractivity (Wildman–Crippen MR) is 107 cm³/mol. The van der Waals surface area contributed by atoms with Crippen molar-refractivity contribution in [3.8, 4) is 16.9 Å². The lowest BCUT2D eigenvalue weighted by molar-refractivity contribution is -0.137. The van der Waals surface area contributed by atoms with Crippen LogP contribution in [0, 0.1) is 20.8 Å². The minimum absolute atomic E-state index is 0.0906. The maximum absolute atomic E-state index is 12.8. The van der Waals surface area contributed by atoms with Gasteiger partial charge in [0, 0.05) is 17.6 Å². The van der Waals surface area contributed by atoms with Crippen molar-refractivity contribution >= 4 is 11.6 Å². The molecule has 0 bridgehead atoms. The van der Waals surface area contributed by atoms with Crippen molar-refractivity contribution in [3.05, 3.63) is 52.0 Å². The van der Waals surface area contributed by atoms with Gasteiger partial charge in [-0.15, -0.1) is 5.10 Å². The van der Waals surface area contributed by atoms with Gasteiger partial charge < -0.3 is 5.73 Å². The Kier molecular flexibility index (Phi) is 4.79. The fourth-order valence-electron chi connectivity index (χ4n) is 3.40. The van der Waals surface area contributed by atoms with E-state index in [1.54, 1.807) is 24.5 Å². The highest BCUT2D eigenvalue weighted by atomic mass is 19.4. The summed E-state index contributed by atoms with van der Waals surface area (Å²) in [4.78, 5) is 21.5. The number of hydrogen-bond donors (Lipinski definition) is 1. The van der Waals surface area contributed by atoms with Gasteiger partial charge in [-0.05, 0) is 44.0 Å². The lowest BCUT2D eigenvalue weighted by Gasteiger charge is -2.12. The molecule has 0 aliphatic carbocycles. The van der Waals surface area contributed by atoms with Crippen LogP contribution < -0.4 is 11.4 Å². The molecule has 2 N–H and O–H groups in total. The minimum Gasteiger partial charge on any atom is -0.369 e. The van der Waals surface area contributed by atoms with E-state index in [1.807, 2.05) is 20.8 Å². The van der Waals surface area contributed by atoms with E-state index in [0.717, 1.165) is 14.6 Å². The van der Waals surface area contributed by atoms with Crippen LogP contribution >= 0.6 is 0 Å². The number of nitrogen functional groups attached to an aromatic ring is 1. The van der Waals surface area contributed by atoms with Crippen LogP contribution in [-0.4, -0.2) is 40.1 Å². The number of fused-ring (bicyclic) bond motifs is 1. The lowest BCUT2D eigenvalue weighted by Crippen LogP contribution is -2.25. The molecule has 0 radical (unpaired) electrons. The Labute approximate surface area is 174 Å². The summed E-state index contributed by atoms with van der Waals surface area (Å²) in [7, 11) is 0. The van der Waals surface area contributed by atoms with Gasteiger partial charge in [-0.3, -0.25) is 4.98 Å². The van der Waals surface area contributed by atoms with Crippen LogP contribution in [0.1, 0.15) is 23.4 Å². The zero-order chi connectivity index (χ0) is 22.5. The maximum atomic E-state index is 12.8. The Morgan fingerprint density at radius 1 is 1.10 bits per heavy atom.